The molecule has 8 heteroatoms. The lowest BCUT2D eigenvalue weighted by atomic mass is 9.58. The van der Waals surface area contributed by atoms with Crippen LogP contribution in [0.15, 0.2) is 35.4 Å². The molecule has 2 saturated carbocycles. The van der Waals surface area contributed by atoms with Gasteiger partial charge in [0.15, 0.2) is 0 Å². The van der Waals surface area contributed by atoms with Crippen LogP contribution in [0.3, 0.4) is 0 Å². The zero-order chi connectivity index (χ0) is 27.4. The van der Waals surface area contributed by atoms with Crippen molar-refractivity contribution in [3.63, 3.8) is 0 Å². The summed E-state index contributed by atoms with van der Waals surface area (Å²) in [5, 5.41) is 25.9. The number of fused-ring (bicyclic) bond motifs is 2. The third kappa shape index (κ3) is 8.07. The molecule has 0 spiro atoms. The first-order chi connectivity index (χ1) is 18.6. The maximum absolute atomic E-state index is 9.70. The van der Waals surface area contributed by atoms with Crippen molar-refractivity contribution in [3.8, 4) is 6.07 Å². The van der Waals surface area contributed by atoms with Gasteiger partial charge in [-0.05, 0) is 85.5 Å². The molecule has 2 bridgehead atoms. The van der Waals surface area contributed by atoms with Gasteiger partial charge in [-0.2, -0.15) is 10.2 Å². The molecule has 0 radical (unpaired) electrons. The smallest absolute Gasteiger partial charge is 0.224 e. The van der Waals surface area contributed by atoms with E-state index in [9.17, 15) is 10.4 Å². The van der Waals surface area contributed by atoms with E-state index >= 15 is 0 Å². The summed E-state index contributed by atoms with van der Waals surface area (Å²) < 4.78 is 0. The highest BCUT2D eigenvalue weighted by Gasteiger charge is 2.46. The number of anilines is 2. The van der Waals surface area contributed by atoms with Gasteiger partial charge >= 0.3 is 0 Å². The summed E-state index contributed by atoms with van der Waals surface area (Å²) in [6.07, 6.45) is 13.5. The van der Waals surface area contributed by atoms with Crippen LogP contribution < -0.4 is 10.6 Å². The van der Waals surface area contributed by atoms with Crippen molar-refractivity contribution in [2.45, 2.75) is 82.8 Å². The minimum atomic E-state index is 0.282. The second-order valence-corrected chi connectivity index (χ2v) is 12.9. The predicted octanol–water partition coefficient (Wildman–Crippen LogP) is 7.16. The molecule has 5 unspecified atom stereocenters. The Kier molecular flexibility index (Phi) is 12.6. The van der Waals surface area contributed by atoms with Crippen LogP contribution in [0.1, 0.15) is 76.8 Å². The Morgan fingerprint density at radius 3 is 2.79 bits per heavy atom. The molecular formula is C30H46N5OPS. The van der Waals surface area contributed by atoms with Crippen LogP contribution in [0.25, 0.3) is 0 Å². The molecule has 0 aliphatic heterocycles. The van der Waals surface area contributed by atoms with Crippen molar-refractivity contribution in [3.05, 3.63) is 41.6 Å². The fraction of sp³-hybridized carbons (Fsp3) is 0.633. The van der Waals surface area contributed by atoms with Crippen molar-refractivity contribution in [1.82, 2.24) is 9.97 Å². The average Bonchev–Trinajstić information content (AvgIpc) is 2.97. The number of nitrogens with zero attached hydrogens (tertiary/aromatic N) is 3. The Labute approximate surface area is 236 Å². The van der Waals surface area contributed by atoms with Gasteiger partial charge in [-0.15, -0.1) is 20.3 Å². The first kappa shape index (κ1) is 30.7. The molecule has 1 aromatic heterocycles. The van der Waals surface area contributed by atoms with Crippen LogP contribution in [0, 0.1) is 28.6 Å². The van der Waals surface area contributed by atoms with Crippen LogP contribution in [-0.2, 0) is 6.54 Å². The van der Waals surface area contributed by atoms with Crippen LogP contribution in [-0.4, -0.2) is 46.3 Å². The lowest BCUT2D eigenvalue weighted by molar-refractivity contribution is 0.0524. The van der Waals surface area contributed by atoms with E-state index in [0.717, 1.165) is 39.0 Å². The Balaban J connectivity index is 0.00000195. The monoisotopic (exact) mass is 555 g/mol. The zero-order valence-electron chi connectivity index (χ0n) is 23.6. The third-order valence-corrected chi connectivity index (χ3v) is 10.9. The minimum absolute atomic E-state index is 0.282. The Bertz CT molecular complexity index is 1050. The molecule has 38 heavy (non-hydrogen) atoms. The van der Waals surface area contributed by atoms with Gasteiger partial charge in [0.1, 0.15) is 17.5 Å². The largest absolute Gasteiger partial charge is 0.396 e. The maximum Gasteiger partial charge on any atom is 0.224 e. The number of benzene rings is 1. The van der Waals surface area contributed by atoms with Crippen molar-refractivity contribution >= 4 is 32.1 Å². The fourth-order valence-corrected chi connectivity index (χ4v) is 8.50. The second-order valence-electron chi connectivity index (χ2n) is 10.4. The summed E-state index contributed by atoms with van der Waals surface area (Å²) in [4.78, 5) is 10.4. The van der Waals surface area contributed by atoms with Gasteiger partial charge in [0, 0.05) is 24.6 Å². The van der Waals surface area contributed by atoms with E-state index in [1.165, 1.54) is 55.1 Å². The van der Waals surface area contributed by atoms with Gasteiger partial charge < -0.3 is 15.7 Å². The number of hydrogen-bond donors (Lipinski definition) is 3. The molecule has 0 saturated heterocycles. The number of aliphatic hydroxyl groups is 1. The van der Waals surface area contributed by atoms with Gasteiger partial charge in [-0.25, -0.2) is 4.98 Å². The van der Waals surface area contributed by atoms with Crippen molar-refractivity contribution in [2.75, 3.05) is 36.2 Å². The third-order valence-electron chi connectivity index (χ3n) is 8.10. The number of nitriles is 1. The molecule has 3 N–H and O–H groups in total. The molecule has 4 rings (SSSR count). The number of aliphatic hydroxyl groups excluding tert-OH is 1. The molecule has 0 amide bonds. The standard InChI is InChI=1S/C28H40N5OPS.C2H6/c1-3-20-13-22-15-28(14-20,10-9-24(22)35-12-6-11-34)19-32-26-23(16-29)18-31-27(33-26)30-17-21-7-4-5-8-25(21)36-2;1-2/h4-5,7-8,18,20,22,24,34-35H,3,6,9-15,17,19H2,1-2H3,(H2,30,31,32,33);1-2H3. The summed E-state index contributed by atoms with van der Waals surface area (Å²) in [6.45, 7) is 8.16. The van der Waals surface area contributed by atoms with E-state index in [0.29, 0.717) is 30.5 Å². The molecular weight excluding hydrogens is 509 g/mol. The summed E-state index contributed by atoms with van der Waals surface area (Å²) in [5.41, 5.74) is 2.82. The zero-order valence-corrected chi connectivity index (χ0v) is 25.4. The van der Waals surface area contributed by atoms with Crippen LogP contribution >= 0.6 is 20.3 Å². The quantitative estimate of drug-likeness (QED) is 0.145. The molecule has 2 aromatic rings. The lowest BCUT2D eigenvalue weighted by Crippen LogP contribution is -2.45. The van der Waals surface area contributed by atoms with E-state index < -0.39 is 0 Å². The topological polar surface area (TPSA) is 93.9 Å². The van der Waals surface area contributed by atoms with E-state index in [4.69, 9.17) is 4.98 Å². The molecule has 6 nitrogen and oxygen atoms in total. The summed E-state index contributed by atoms with van der Waals surface area (Å²) in [5.74, 6) is 2.77. The van der Waals surface area contributed by atoms with Crippen molar-refractivity contribution in [2.24, 2.45) is 17.3 Å². The van der Waals surface area contributed by atoms with Gasteiger partial charge in [-0.1, -0.05) is 45.4 Å². The number of hydrogen-bond acceptors (Lipinski definition) is 7. The molecule has 208 valence electrons. The average molecular weight is 556 g/mol. The van der Waals surface area contributed by atoms with Gasteiger partial charge in [0.2, 0.25) is 5.95 Å². The number of thioether (sulfide) groups is 1. The summed E-state index contributed by atoms with van der Waals surface area (Å²) in [7, 11) is 0.980. The fourth-order valence-electron chi connectivity index (χ4n) is 6.21. The summed E-state index contributed by atoms with van der Waals surface area (Å²) >= 11 is 1.73. The first-order valence-corrected chi connectivity index (χ1v) is 16.8. The molecule has 2 aliphatic rings. The highest BCUT2D eigenvalue weighted by Crippen LogP contribution is 2.55. The molecule has 5 atom stereocenters. The van der Waals surface area contributed by atoms with E-state index in [2.05, 4.69) is 53.1 Å². The first-order valence-electron chi connectivity index (χ1n) is 14.3. The molecule has 1 aromatic carbocycles. The van der Waals surface area contributed by atoms with Crippen LogP contribution in [0.2, 0.25) is 0 Å². The van der Waals surface area contributed by atoms with Crippen LogP contribution in [0.5, 0.6) is 0 Å². The van der Waals surface area contributed by atoms with Crippen molar-refractivity contribution < 1.29 is 5.11 Å². The van der Waals surface area contributed by atoms with E-state index in [1.807, 2.05) is 19.9 Å². The SMILES string of the molecule is CC.CCC1CC2CC(CNc3nc(NCc4ccccc4SC)ncc3C#N)(CCC2PCCCO)C1. The van der Waals surface area contributed by atoms with E-state index in [1.54, 1.807) is 18.0 Å². The number of rotatable bonds is 12. The maximum atomic E-state index is 9.70. The Hall–Kier alpha value is -1.87. The second kappa shape index (κ2) is 15.7. The van der Waals surface area contributed by atoms with Crippen LogP contribution in [0.4, 0.5) is 11.8 Å². The summed E-state index contributed by atoms with van der Waals surface area (Å²) in [6, 6.07) is 10.6. The normalized spacial score (nSPS) is 24.4. The minimum Gasteiger partial charge on any atom is -0.396 e. The van der Waals surface area contributed by atoms with Gasteiger partial charge in [0.25, 0.3) is 0 Å². The number of aromatic nitrogens is 2. The highest BCUT2D eigenvalue weighted by molar-refractivity contribution is 7.98. The predicted molar refractivity (Wildman–Crippen MR) is 164 cm³/mol. The highest BCUT2D eigenvalue weighted by atomic mass is 32.2. The molecule has 2 fully saturated rings. The Morgan fingerprint density at radius 2 is 2.05 bits per heavy atom. The molecule has 1 heterocycles. The molecule has 2 aliphatic carbocycles. The number of nitrogens with one attached hydrogen (secondary N) is 2. The lowest BCUT2D eigenvalue weighted by Gasteiger charge is -2.52. The Morgan fingerprint density at radius 1 is 1.24 bits per heavy atom. The van der Waals surface area contributed by atoms with Crippen molar-refractivity contribution in [1.29, 1.82) is 5.26 Å². The van der Waals surface area contributed by atoms with Gasteiger partial charge in [-0.3, -0.25) is 0 Å². The van der Waals surface area contributed by atoms with Gasteiger partial charge in [0.05, 0.1) is 6.20 Å². The van der Waals surface area contributed by atoms with E-state index in [-0.39, 0.29) is 5.41 Å².